The number of hydrogen-bond acceptors (Lipinski definition) is 4. The predicted octanol–water partition coefficient (Wildman–Crippen LogP) is 2.15. The molecule has 1 fully saturated rings. The molecule has 104 valence electrons. The molecule has 2 unspecified atom stereocenters. The summed E-state index contributed by atoms with van der Waals surface area (Å²) in [6.45, 7) is 2.54. The van der Waals surface area contributed by atoms with Crippen LogP contribution >= 0.6 is 0 Å². The van der Waals surface area contributed by atoms with E-state index < -0.39 is 6.10 Å². The Kier molecular flexibility index (Phi) is 3.15. The minimum absolute atomic E-state index is 0.362. The van der Waals surface area contributed by atoms with Crippen molar-refractivity contribution in [1.29, 1.82) is 0 Å². The van der Waals surface area contributed by atoms with Gasteiger partial charge in [0.2, 0.25) is 0 Å². The molecule has 2 aliphatic rings. The SMILES string of the molecule is CCOc1ccc2c(c1)C(O)C(N)C1(CCCC1)O2. The number of benzene rings is 1. The largest absolute Gasteiger partial charge is 0.494 e. The van der Waals surface area contributed by atoms with Crippen molar-refractivity contribution in [2.75, 3.05) is 6.61 Å². The van der Waals surface area contributed by atoms with Gasteiger partial charge in [-0.3, -0.25) is 0 Å². The van der Waals surface area contributed by atoms with Gasteiger partial charge >= 0.3 is 0 Å². The fraction of sp³-hybridized carbons (Fsp3) is 0.600. The van der Waals surface area contributed by atoms with E-state index in [9.17, 15) is 5.11 Å². The highest BCUT2D eigenvalue weighted by molar-refractivity contribution is 5.45. The summed E-state index contributed by atoms with van der Waals surface area (Å²) < 4.78 is 11.6. The standard InChI is InChI=1S/C15H21NO3/c1-2-18-10-5-6-12-11(9-10)13(17)14(16)15(19-12)7-3-4-8-15/h5-6,9,13-14,17H,2-4,7-8,16H2,1H3. The normalized spacial score (nSPS) is 27.9. The van der Waals surface area contributed by atoms with E-state index in [2.05, 4.69) is 0 Å². The van der Waals surface area contributed by atoms with Gasteiger partial charge in [-0.1, -0.05) is 0 Å². The van der Waals surface area contributed by atoms with Crippen molar-refractivity contribution in [3.8, 4) is 11.5 Å². The summed E-state index contributed by atoms with van der Waals surface area (Å²) in [5.41, 5.74) is 6.61. The van der Waals surface area contributed by atoms with Crippen LogP contribution in [0.25, 0.3) is 0 Å². The van der Waals surface area contributed by atoms with Crippen molar-refractivity contribution in [3.05, 3.63) is 23.8 Å². The molecule has 0 amide bonds. The van der Waals surface area contributed by atoms with E-state index in [0.717, 1.165) is 42.7 Å². The molecule has 1 aromatic rings. The third-order valence-corrected chi connectivity index (χ3v) is 4.32. The fourth-order valence-corrected chi connectivity index (χ4v) is 3.28. The lowest BCUT2D eigenvalue weighted by molar-refractivity contribution is -0.0317. The lowest BCUT2D eigenvalue weighted by Crippen LogP contribution is -2.56. The van der Waals surface area contributed by atoms with Crippen molar-refractivity contribution in [1.82, 2.24) is 0 Å². The molecule has 0 bridgehead atoms. The zero-order valence-electron chi connectivity index (χ0n) is 11.3. The second-order valence-corrected chi connectivity index (χ2v) is 5.48. The first-order chi connectivity index (χ1) is 9.16. The quantitative estimate of drug-likeness (QED) is 0.858. The van der Waals surface area contributed by atoms with Crippen LogP contribution < -0.4 is 15.2 Å². The number of aliphatic hydroxyl groups is 1. The maximum Gasteiger partial charge on any atom is 0.127 e. The van der Waals surface area contributed by atoms with Crippen LogP contribution in [0, 0.1) is 0 Å². The number of fused-ring (bicyclic) bond motifs is 1. The van der Waals surface area contributed by atoms with Gasteiger partial charge in [0, 0.05) is 5.56 Å². The van der Waals surface area contributed by atoms with Gasteiger partial charge in [-0.25, -0.2) is 0 Å². The van der Waals surface area contributed by atoms with Crippen LogP contribution in [0.2, 0.25) is 0 Å². The molecule has 1 aromatic carbocycles. The summed E-state index contributed by atoms with van der Waals surface area (Å²) in [5.74, 6) is 1.50. The number of ether oxygens (including phenoxy) is 2. The second kappa shape index (κ2) is 4.69. The third kappa shape index (κ3) is 1.99. The van der Waals surface area contributed by atoms with Crippen molar-refractivity contribution in [2.45, 2.75) is 50.4 Å². The van der Waals surface area contributed by atoms with Gasteiger partial charge in [0.25, 0.3) is 0 Å². The number of aliphatic hydroxyl groups excluding tert-OH is 1. The summed E-state index contributed by atoms with van der Waals surface area (Å²) in [6.07, 6.45) is 3.41. The summed E-state index contributed by atoms with van der Waals surface area (Å²) in [4.78, 5) is 0. The third-order valence-electron chi connectivity index (χ3n) is 4.32. The van der Waals surface area contributed by atoms with Crippen molar-refractivity contribution in [3.63, 3.8) is 0 Å². The van der Waals surface area contributed by atoms with Crippen molar-refractivity contribution < 1.29 is 14.6 Å². The van der Waals surface area contributed by atoms with Crippen LogP contribution in [-0.4, -0.2) is 23.4 Å². The molecule has 1 aliphatic carbocycles. The molecule has 4 heteroatoms. The van der Waals surface area contributed by atoms with E-state index in [1.807, 2.05) is 25.1 Å². The Bertz CT molecular complexity index is 468. The van der Waals surface area contributed by atoms with E-state index in [1.165, 1.54) is 0 Å². The summed E-state index contributed by atoms with van der Waals surface area (Å²) >= 11 is 0. The van der Waals surface area contributed by atoms with Crippen LogP contribution in [-0.2, 0) is 0 Å². The Morgan fingerprint density at radius 1 is 1.42 bits per heavy atom. The van der Waals surface area contributed by atoms with Gasteiger partial charge in [-0.05, 0) is 50.8 Å². The topological polar surface area (TPSA) is 64.7 Å². The van der Waals surface area contributed by atoms with Gasteiger partial charge in [-0.2, -0.15) is 0 Å². The van der Waals surface area contributed by atoms with Crippen molar-refractivity contribution >= 4 is 0 Å². The molecule has 1 spiro atoms. The minimum atomic E-state index is -0.678. The Balaban J connectivity index is 1.97. The molecule has 0 radical (unpaired) electrons. The lowest BCUT2D eigenvalue weighted by atomic mass is 9.83. The van der Waals surface area contributed by atoms with Gasteiger partial charge in [-0.15, -0.1) is 0 Å². The lowest BCUT2D eigenvalue weighted by Gasteiger charge is -2.43. The Morgan fingerprint density at radius 2 is 2.16 bits per heavy atom. The summed E-state index contributed by atoms with van der Waals surface area (Å²) in [6, 6.07) is 5.24. The Morgan fingerprint density at radius 3 is 2.84 bits per heavy atom. The molecule has 0 saturated heterocycles. The van der Waals surface area contributed by atoms with Crippen LogP contribution in [0.5, 0.6) is 11.5 Å². The highest BCUT2D eigenvalue weighted by Gasteiger charge is 2.49. The van der Waals surface area contributed by atoms with Gasteiger partial charge in [0.05, 0.1) is 12.6 Å². The first-order valence-electron chi connectivity index (χ1n) is 7.06. The summed E-state index contributed by atoms with van der Waals surface area (Å²) in [7, 11) is 0. The molecule has 2 atom stereocenters. The molecule has 4 nitrogen and oxygen atoms in total. The second-order valence-electron chi connectivity index (χ2n) is 5.48. The molecule has 1 aliphatic heterocycles. The zero-order valence-corrected chi connectivity index (χ0v) is 11.3. The highest BCUT2D eigenvalue weighted by atomic mass is 16.5. The summed E-state index contributed by atoms with van der Waals surface area (Å²) in [5, 5.41) is 10.5. The van der Waals surface area contributed by atoms with Crippen LogP contribution in [0.3, 0.4) is 0 Å². The molecule has 19 heavy (non-hydrogen) atoms. The average molecular weight is 263 g/mol. The van der Waals surface area contributed by atoms with Crippen LogP contribution in [0.4, 0.5) is 0 Å². The van der Waals surface area contributed by atoms with E-state index in [1.54, 1.807) is 0 Å². The van der Waals surface area contributed by atoms with E-state index in [-0.39, 0.29) is 11.6 Å². The Labute approximate surface area is 113 Å². The van der Waals surface area contributed by atoms with E-state index in [0.29, 0.717) is 6.61 Å². The highest BCUT2D eigenvalue weighted by Crippen LogP contribution is 2.47. The zero-order chi connectivity index (χ0) is 13.5. The molecule has 0 aromatic heterocycles. The van der Waals surface area contributed by atoms with Gasteiger partial charge in [0.15, 0.2) is 0 Å². The molecule has 3 rings (SSSR count). The monoisotopic (exact) mass is 263 g/mol. The van der Waals surface area contributed by atoms with Crippen LogP contribution in [0.1, 0.15) is 44.3 Å². The number of rotatable bonds is 2. The number of hydrogen-bond donors (Lipinski definition) is 2. The average Bonchev–Trinajstić information content (AvgIpc) is 2.87. The first-order valence-corrected chi connectivity index (χ1v) is 7.06. The predicted molar refractivity (Wildman–Crippen MR) is 72.4 cm³/mol. The van der Waals surface area contributed by atoms with Gasteiger partial charge in [0.1, 0.15) is 23.2 Å². The molecular formula is C15H21NO3. The first kappa shape index (κ1) is 12.8. The molecular weight excluding hydrogens is 242 g/mol. The smallest absolute Gasteiger partial charge is 0.127 e. The van der Waals surface area contributed by atoms with Crippen molar-refractivity contribution in [2.24, 2.45) is 5.73 Å². The molecule has 1 heterocycles. The van der Waals surface area contributed by atoms with E-state index in [4.69, 9.17) is 15.2 Å². The molecule has 1 saturated carbocycles. The van der Waals surface area contributed by atoms with E-state index >= 15 is 0 Å². The maximum atomic E-state index is 10.5. The maximum absolute atomic E-state index is 10.5. The fourth-order valence-electron chi connectivity index (χ4n) is 3.28. The Hall–Kier alpha value is -1.26. The number of nitrogens with two attached hydrogens (primary N) is 1. The molecule has 3 N–H and O–H groups in total. The van der Waals surface area contributed by atoms with Gasteiger partial charge < -0.3 is 20.3 Å². The minimum Gasteiger partial charge on any atom is -0.494 e. The van der Waals surface area contributed by atoms with Crippen LogP contribution in [0.15, 0.2) is 18.2 Å².